The fourth-order valence-corrected chi connectivity index (χ4v) is 1.90. The lowest BCUT2D eigenvalue weighted by molar-refractivity contribution is -0.151. The van der Waals surface area contributed by atoms with Crippen LogP contribution in [0.4, 0.5) is 0 Å². The molecule has 0 N–H and O–H groups in total. The topological polar surface area (TPSA) is 37.4 Å². The van der Waals surface area contributed by atoms with Crippen molar-refractivity contribution in [2.45, 2.75) is 45.4 Å². The van der Waals surface area contributed by atoms with Gasteiger partial charge in [0.15, 0.2) is 0 Å². The van der Waals surface area contributed by atoms with Gasteiger partial charge in [-0.25, -0.2) is 0 Å². The molecule has 0 radical (unpaired) electrons. The first-order valence-corrected chi connectivity index (χ1v) is 6.63. The average Bonchev–Trinajstić information content (AvgIpc) is 2.17. The molecule has 1 aliphatic heterocycles. The van der Waals surface area contributed by atoms with Gasteiger partial charge >= 0.3 is 0 Å². The van der Waals surface area contributed by atoms with E-state index in [0.717, 1.165) is 0 Å². The first-order valence-electron chi connectivity index (χ1n) is 5.71. The molecule has 0 aromatic rings. The number of carbonyl (C=O) groups is 2. The Morgan fingerprint density at radius 1 is 1.44 bits per heavy atom. The average molecular weight is 290 g/mol. The van der Waals surface area contributed by atoms with Crippen molar-refractivity contribution in [3.8, 4) is 0 Å². The lowest BCUT2D eigenvalue weighted by atomic mass is 9.90. The zero-order chi connectivity index (χ0) is 12.5. The molecule has 0 bridgehead atoms. The molecule has 92 valence electrons. The van der Waals surface area contributed by atoms with Gasteiger partial charge in [0.1, 0.15) is 0 Å². The Bertz CT molecular complexity index is 296. The van der Waals surface area contributed by atoms with Gasteiger partial charge in [-0.15, -0.1) is 0 Å². The van der Waals surface area contributed by atoms with Gasteiger partial charge in [0, 0.05) is 23.7 Å². The molecule has 0 aliphatic carbocycles. The van der Waals surface area contributed by atoms with Crippen LogP contribution in [0.2, 0.25) is 0 Å². The minimum atomic E-state index is -0.0307. The van der Waals surface area contributed by atoms with Crippen LogP contribution in [0.3, 0.4) is 0 Å². The summed E-state index contributed by atoms with van der Waals surface area (Å²) in [6.45, 7) is 8.64. The highest BCUT2D eigenvalue weighted by Crippen LogP contribution is 2.28. The van der Waals surface area contributed by atoms with Crippen molar-refractivity contribution < 1.29 is 9.59 Å². The summed E-state index contributed by atoms with van der Waals surface area (Å²) in [5, 5.41) is 0. The fraction of sp³-hybridized carbons (Fsp3) is 0.833. The molecule has 0 saturated carbocycles. The molecule has 4 heteroatoms. The summed E-state index contributed by atoms with van der Waals surface area (Å²) in [5.74, 6) is -0.0703. The molecular formula is C12H20BrNO2. The summed E-state index contributed by atoms with van der Waals surface area (Å²) >= 11 is 3.56. The summed E-state index contributed by atoms with van der Waals surface area (Å²) in [7, 11) is 0. The number of imide groups is 1. The first kappa shape index (κ1) is 13.7. The molecule has 3 nitrogen and oxygen atoms in total. The van der Waals surface area contributed by atoms with E-state index < -0.39 is 0 Å². The number of likely N-dealkylation sites (tertiary alicyclic amines) is 1. The maximum absolute atomic E-state index is 11.9. The van der Waals surface area contributed by atoms with E-state index in [4.69, 9.17) is 0 Å². The van der Waals surface area contributed by atoms with Crippen LogP contribution in [0, 0.1) is 11.3 Å². The monoisotopic (exact) mass is 289 g/mol. The number of hydrogen-bond donors (Lipinski definition) is 0. The lowest BCUT2D eigenvalue weighted by Gasteiger charge is -2.34. The Morgan fingerprint density at radius 3 is 2.50 bits per heavy atom. The van der Waals surface area contributed by atoms with Crippen LogP contribution in [0.25, 0.3) is 0 Å². The van der Waals surface area contributed by atoms with E-state index in [-0.39, 0.29) is 28.0 Å². The van der Waals surface area contributed by atoms with Gasteiger partial charge in [-0.1, -0.05) is 43.6 Å². The first-order chi connectivity index (χ1) is 7.23. The highest BCUT2D eigenvalue weighted by atomic mass is 79.9. The van der Waals surface area contributed by atoms with Crippen molar-refractivity contribution in [1.29, 1.82) is 0 Å². The molecule has 1 rings (SSSR count). The second kappa shape index (κ2) is 4.86. The molecule has 0 spiro atoms. The van der Waals surface area contributed by atoms with Crippen LogP contribution in [0.1, 0.15) is 40.5 Å². The number of alkyl halides is 1. The number of amides is 2. The van der Waals surface area contributed by atoms with Crippen LogP contribution < -0.4 is 0 Å². The maximum atomic E-state index is 11.9. The molecule has 2 unspecified atom stereocenters. The van der Waals surface area contributed by atoms with Crippen molar-refractivity contribution in [1.82, 2.24) is 4.90 Å². The SMILES string of the molecule is CC1CCC(=O)N(CC(Br)C(C)(C)C)C1=O. The molecule has 2 amide bonds. The second-order valence-electron chi connectivity index (χ2n) is 5.62. The predicted molar refractivity (Wildman–Crippen MR) is 67.3 cm³/mol. The quantitative estimate of drug-likeness (QED) is 0.579. The summed E-state index contributed by atoms with van der Waals surface area (Å²) in [6.07, 6.45) is 1.19. The van der Waals surface area contributed by atoms with Crippen LogP contribution in [-0.4, -0.2) is 28.1 Å². The van der Waals surface area contributed by atoms with Crippen molar-refractivity contribution in [3.05, 3.63) is 0 Å². The van der Waals surface area contributed by atoms with Gasteiger partial charge < -0.3 is 0 Å². The van der Waals surface area contributed by atoms with E-state index in [1.54, 1.807) is 0 Å². The molecule has 16 heavy (non-hydrogen) atoms. The normalized spacial score (nSPS) is 24.8. The standard InChI is InChI=1S/C12H20BrNO2/c1-8-5-6-10(15)14(11(8)16)7-9(13)12(2,3)4/h8-9H,5-7H2,1-4H3. The third-order valence-electron chi connectivity index (χ3n) is 3.06. The molecule has 0 aromatic carbocycles. The summed E-state index contributed by atoms with van der Waals surface area (Å²) in [5.41, 5.74) is 0.0429. The van der Waals surface area contributed by atoms with E-state index in [0.29, 0.717) is 19.4 Å². The maximum Gasteiger partial charge on any atom is 0.232 e. The summed E-state index contributed by atoms with van der Waals surface area (Å²) in [6, 6.07) is 0. The number of nitrogens with zero attached hydrogens (tertiary/aromatic N) is 1. The number of rotatable bonds is 2. The third kappa shape index (κ3) is 3.06. The zero-order valence-electron chi connectivity index (χ0n) is 10.4. The highest BCUT2D eigenvalue weighted by molar-refractivity contribution is 9.09. The van der Waals surface area contributed by atoms with Gasteiger partial charge in [-0.3, -0.25) is 14.5 Å². The molecule has 1 saturated heterocycles. The van der Waals surface area contributed by atoms with Crippen molar-refractivity contribution in [3.63, 3.8) is 0 Å². The van der Waals surface area contributed by atoms with E-state index >= 15 is 0 Å². The largest absolute Gasteiger partial charge is 0.281 e. The van der Waals surface area contributed by atoms with Gasteiger partial charge in [0.25, 0.3) is 0 Å². The Morgan fingerprint density at radius 2 is 2.00 bits per heavy atom. The predicted octanol–water partition coefficient (Wildman–Crippen LogP) is 2.58. The van der Waals surface area contributed by atoms with E-state index in [1.807, 2.05) is 6.92 Å². The molecule has 1 fully saturated rings. The number of halogens is 1. The third-order valence-corrected chi connectivity index (χ3v) is 4.73. The van der Waals surface area contributed by atoms with Crippen molar-refractivity contribution in [2.75, 3.05) is 6.54 Å². The molecule has 2 atom stereocenters. The van der Waals surface area contributed by atoms with Gasteiger partial charge in [-0.05, 0) is 11.8 Å². The summed E-state index contributed by atoms with van der Waals surface area (Å²) < 4.78 is 0. The highest BCUT2D eigenvalue weighted by Gasteiger charge is 2.34. The van der Waals surface area contributed by atoms with Crippen LogP contribution >= 0.6 is 15.9 Å². The van der Waals surface area contributed by atoms with E-state index in [9.17, 15) is 9.59 Å². The van der Waals surface area contributed by atoms with Gasteiger partial charge in [-0.2, -0.15) is 0 Å². The van der Waals surface area contributed by atoms with Crippen LogP contribution in [-0.2, 0) is 9.59 Å². The Labute approximate surface area is 106 Å². The fourth-order valence-electron chi connectivity index (χ4n) is 1.61. The van der Waals surface area contributed by atoms with Crippen molar-refractivity contribution >= 4 is 27.7 Å². The Kier molecular flexibility index (Phi) is 4.16. The van der Waals surface area contributed by atoms with Gasteiger partial charge in [0.05, 0.1) is 0 Å². The second-order valence-corrected chi connectivity index (χ2v) is 6.72. The number of piperidine rings is 1. The lowest BCUT2D eigenvalue weighted by Crippen LogP contribution is -2.48. The van der Waals surface area contributed by atoms with E-state index in [1.165, 1.54) is 4.90 Å². The molecular weight excluding hydrogens is 270 g/mol. The number of carbonyl (C=O) groups excluding carboxylic acids is 2. The van der Waals surface area contributed by atoms with Crippen molar-refractivity contribution in [2.24, 2.45) is 11.3 Å². The minimum absolute atomic E-state index is 0.0163. The zero-order valence-corrected chi connectivity index (χ0v) is 12.0. The Hall–Kier alpha value is -0.380. The van der Waals surface area contributed by atoms with Crippen LogP contribution in [0.5, 0.6) is 0 Å². The number of hydrogen-bond acceptors (Lipinski definition) is 2. The summed E-state index contributed by atoms with van der Waals surface area (Å²) in [4.78, 5) is 25.1. The minimum Gasteiger partial charge on any atom is -0.281 e. The molecule has 0 aromatic heterocycles. The molecule has 1 heterocycles. The van der Waals surface area contributed by atoms with Crippen LogP contribution in [0.15, 0.2) is 0 Å². The smallest absolute Gasteiger partial charge is 0.232 e. The van der Waals surface area contributed by atoms with Gasteiger partial charge in [0.2, 0.25) is 11.8 Å². The van der Waals surface area contributed by atoms with E-state index in [2.05, 4.69) is 36.7 Å². The Balaban J connectivity index is 2.71. The molecule has 1 aliphatic rings.